The third-order valence-corrected chi connectivity index (χ3v) is 3.66. The van der Waals surface area contributed by atoms with Gasteiger partial charge in [0.25, 0.3) is 0 Å². The maximum absolute atomic E-state index is 6.37. The second-order valence-electron chi connectivity index (χ2n) is 4.67. The molecule has 1 atom stereocenters. The smallest absolute Gasteiger partial charge is 0.123 e. The van der Waals surface area contributed by atoms with Gasteiger partial charge >= 0.3 is 0 Å². The van der Waals surface area contributed by atoms with Crippen molar-refractivity contribution in [1.82, 2.24) is 0 Å². The Morgan fingerprint density at radius 2 is 1.88 bits per heavy atom. The van der Waals surface area contributed by atoms with Crippen LogP contribution in [0.5, 0.6) is 5.75 Å². The predicted molar refractivity (Wildman–Crippen MR) is 66.5 cm³/mol. The van der Waals surface area contributed by atoms with E-state index in [-0.39, 0.29) is 6.04 Å². The Hall–Kier alpha value is -1.02. The van der Waals surface area contributed by atoms with Crippen molar-refractivity contribution in [2.75, 3.05) is 7.11 Å². The van der Waals surface area contributed by atoms with E-state index in [1.807, 2.05) is 18.2 Å². The summed E-state index contributed by atoms with van der Waals surface area (Å²) in [6.45, 7) is 0. The second kappa shape index (κ2) is 5.35. The van der Waals surface area contributed by atoms with E-state index < -0.39 is 0 Å². The summed E-state index contributed by atoms with van der Waals surface area (Å²) in [5.41, 5.74) is 7.53. The van der Waals surface area contributed by atoms with Crippen molar-refractivity contribution in [2.24, 2.45) is 11.7 Å². The highest BCUT2D eigenvalue weighted by molar-refractivity contribution is 5.36. The van der Waals surface area contributed by atoms with Gasteiger partial charge in [-0.2, -0.15) is 0 Å². The van der Waals surface area contributed by atoms with Gasteiger partial charge in [0.05, 0.1) is 7.11 Å². The molecular formula is C14H21NO. The van der Waals surface area contributed by atoms with Gasteiger partial charge in [-0.3, -0.25) is 0 Å². The highest BCUT2D eigenvalue weighted by Gasteiger charge is 2.23. The first-order valence-corrected chi connectivity index (χ1v) is 6.21. The molecule has 1 fully saturated rings. The van der Waals surface area contributed by atoms with Crippen LogP contribution in [0, 0.1) is 5.92 Å². The van der Waals surface area contributed by atoms with Gasteiger partial charge in [0, 0.05) is 11.6 Å². The fraction of sp³-hybridized carbons (Fsp3) is 0.571. The molecule has 0 heterocycles. The average molecular weight is 219 g/mol. The molecule has 0 aliphatic heterocycles. The fourth-order valence-corrected chi connectivity index (χ4v) is 2.69. The van der Waals surface area contributed by atoms with Crippen molar-refractivity contribution >= 4 is 0 Å². The predicted octanol–water partition coefficient (Wildman–Crippen LogP) is 3.28. The van der Waals surface area contributed by atoms with Crippen LogP contribution < -0.4 is 10.5 Å². The summed E-state index contributed by atoms with van der Waals surface area (Å²) in [6.07, 6.45) is 6.55. The molecule has 2 N–H and O–H groups in total. The molecule has 0 saturated heterocycles. The molecular weight excluding hydrogens is 198 g/mol. The monoisotopic (exact) mass is 219 g/mol. The summed E-state index contributed by atoms with van der Waals surface area (Å²) in [5, 5.41) is 0. The first-order chi connectivity index (χ1) is 7.83. The number of para-hydroxylation sites is 1. The van der Waals surface area contributed by atoms with Crippen LogP contribution in [0.1, 0.15) is 43.7 Å². The van der Waals surface area contributed by atoms with E-state index in [0.717, 1.165) is 11.3 Å². The van der Waals surface area contributed by atoms with E-state index in [0.29, 0.717) is 5.92 Å². The maximum atomic E-state index is 6.37. The van der Waals surface area contributed by atoms with Gasteiger partial charge in [-0.1, -0.05) is 37.5 Å². The third kappa shape index (κ3) is 2.38. The van der Waals surface area contributed by atoms with Crippen LogP contribution in [-0.2, 0) is 0 Å². The van der Waals surface area contributed by atoms with Crippen LogP contribution >= 0.6 is 0 Å². The molecule has 0 amide bonds. The minimum atomic E-state index is 0.136. The minimum Gasteiger partial charge on any atom is -0.496 e. The molecule has 88 valence electrons. The molecule has 2 heteroatoms. The summed E-state index contributed by atoms with van der Waals surface area (Å²) in [6, 6.07) is 8.27. The molecule has 16 heavy (non-hydrogen) atoms. The Morgan fingerprint density at radius 3 is 2.56 bits per heavy atom. The summed E-state index contributed by atoms with van der Waals surface area (Å²) in [4.78, 5) is 0. The summed E-state index contributed by atoms with van der Waals surface area (Å²) < 4.78 is 5.38. The van der Waals surface area contributed by atoms with Crippen LogP contribution in [0.2, 0.25) is 0 Å². The van der Waals surface area contributed by atoms with E-state index in [2.05, 4.69) is 6.07 Å². The van der Waals surface area contributed by atoms with Crippen molar-refractivity contribution in [2.45, 2.75) is 38.1 Å². The first-order valence-electron chi connectivity index (χ1n) is 6.21. The lowest BCUT2D eigenvalue weighted by molar-refractivity contribution is 0.301. The lowest BCUT2D eigenvalue weighted by Gasteiger charge is -2.28. The minimum absolute atomic E-state index is 0.136. The largest absolute Gasteiger partial charge is 0.496 e. The summed E-state index contributed by atoms with van der Waals surface area (Å²) in [5.74, 6) is 1.56. The highest BCUT2D eigenvalue weighted by Crippen LogP contribution is 2.36. The molecule has 1 aliphatic carbocycles. The van der Waals surface area contributed by atoms with Crippen LogP contribution in [-0.4, -0.2) is 7.11 Å². The maximum Gasteiger partial charge on any atom is 0.123 e. The zero-order valence-electron chi connectivity index (χ0n) is 9.99. The number of hydrogen-bond acceptors (Lipinski definition) is 2. The van der Waals surface area contributed by atoms with E-state index in [1.54, 1.807) is 7.11 Å². The number of rotatable bonds is 3. The van der Waals surface area contributed by atoms with E-state index in [4.69, 9.17) is 10.5 Å². The molecule has 1 aromatic rings. The van der Waals surface area contributed by atoms with Gasteiger partial charge < -0.3 is 10.5 Å². The number of nitrogens with two attached hydrogens (primary N) is 1. The molecule has 0 aromatic heterocycles. The van der Waals surface area contributed by atoms with Gasteiger partial charge in [0.15, 0.2) is 0 Å². The number of benzene rings is 1. The van der Waals surface area contributed by atoms with E-state index in [1.165, 1.54) is 32.1 Å². The van der Waals surface area contributed by atoms with Crippen molar-refractivity contribution in [3.8, 4) is 5.75 Å². The van der Waals surface area contributed by atoms with Crippen molar-refractivity contribution in [1.29, 1.82) is 0 Å². The van der Waals surface area contributed by atoms with Crippen LogP contribution in [0.4, 0.5) is 0 Å². The Bertz CT molecular complexity index is 331. The molecule has 1 unspecified atom stereocenters. The SMILES string of the molecule is COc1ccccc1C(N)C1CCCCC1. The van der Waals surface area contributed by atoms with Crippen molar-refractivity contribution < 1.29 is 4.74 Å². The standard InChI is InChI=1S/C14H21NO/c1-16-13-10-6-5-9-12(13)14(15)11-7-3-2-4-8-11/h5-6,9-11,14H,2-4,7-8,15H2,1H3. The number of ether oxygens (including phenoxy) is 1. The molecule has 0 spiro atoms. The van der Waals surface area contributed by atoms with Gasteiger partial charge in [0.2, 0.25) is 0 Å². The van der Waals surface area contributed by atoms with Gasteiger partial charge in [-0.05, 0) is 24.8 Å². The molecule has 1 aliphatic rings. The topological polar surface area (TPSA) is 35.2 Å². The Labute approximate surface area is 97.8 Å². The van der Waals surface area contributed by atoms with Gasteiger partial charge in [-0.25, -0.2) is 0 Å². The molecule has 0 radical (unpaired) electrons. The molecule has 2 nitrogen and oxygen atoms in total. The van der Waals surface area contributed by atoms with Crippen LogP contribution in [0.15, 0.2) is 24.3 Å². The van der Waals surface area contributed by atoms with Crippen molar-refractivity contribution in [3.05, 3.63) is 29.8 Å². The average Bonchev–Trinajstić information content (AvgIpc) is 2.39. The summed E-state index contributed by atoms with van der Waals surface area (Å²) in [7, 11) is 1.71. The molecule has 1 saturated carbocycles. The van der Waals surface area contributed by atoms with E-state index >= 15 is 0 Å². The highest BCUT2D eigenvalue weighted by atomic mass is 16.5. The summed E-state index contributed by atoms with van der Waals surface area (Å²) >= 11 is 0. The Morgan fingerprint density at radius 1 is 1.19 bits per heavy atom. The van der Waals surface area contributed by atoms with E-state index in [9.17, 15) is 0 Å². The lowest BCUT2D eigenvalue weighted by Crippen LogP contribution is -2.23. The quantitative estimate of drug-likeness (QED) is 0.846. The lowest BCUT2D eigenvalue weighted by atomic mass is 9.81. The van der Waals surface area contributed by atoms with Gasteiger partial charge in [-0.15, -0.1) is 0 Å². The normalized spacial score (nSPS) is 19.4. The third-order valence-electron chi connectivity index (χ3n) is 3.66. The van der Waals surface area contributed by atoms with Crippen molar-refractivity contribution in [3.63, 3.8) is 0 Å². The second-order valence-corrected chi connectivity index (χ2v) is 4.67. The molecule has 1 aromatic carbocycles. The Kier molecular flexibility index (Phi) is 3.83. The fourth-order valence-electron chi connectivity index (χ4n) is 2.69. The number of methoxy groups -OCH3 is 1. The van der Waals surface area contributed by atoms with Crippen LogP contribution in [0.3, 0.4) is 0 Å². The first kappa shape index (κ1) is 11.5. The van der Waals surface area contributed by atoms with Crippen LogP contribution in [0.25, 0.3) is 0 Å². The zero-order chi connectivity index (χ0) is 11.4. The molecule has 0 bridgehead atoms. The number of hydrogen-bond donors (Lipinski definition) is 1. The van der Waals surface area contributed by atoms with Gasteiger partial charge in [0.1, 0.15) is 5.75 Å². The Balaban J connectivity index is 2.15. The molecule has 2 rings (SSSR count). The zero-order valence-corrected chi connectivity index (χ0v) is 9.99.